The van der Waals surface area contributed by atoms with Crippen LogP contribution in [0, 0.1) is 0 Å². The summed E-state index contributed by atoms with van der Waals surface area (Å²) in [7, 11) is -3.53. The predicted molar refractivity (Wildman–Crippen MR) is 108 cm³/mol. The highest BCUT2D eigenvalue weighted by Crippen LogP contribution is 2.26. The average molecular weight is 403 g/mol. The summed E-state index contributed by atoms with van der Waals surface area (Å²) in [6, 6.07) is 15.5. The van der Waals surface area contributed by atoms with Crippen molar-refractivity contribution in [3.63, 3.8) is 0 Å². The topological polar surface area (TPSA) is 77.9 Å². The zero-order valence-electron chi connectivity index (χ0n) is 16.2. The van der Waals surface area contributed by atoms with Gasteiger partial charge in [-0.25, -0.2) is 8.42 Å². The van der Waals surface area contributed by atoms with Gasteiger partial charge >= 0.3 is 0 Å². The van der Waals surface area contributed by atoms with Crippen LogP contribution in [0.3, 0.4) is 0 Å². The van der Waals surface area contributed by atoms with Gasteiger partial charge in [0.25, 0.3) is 0 Å². The van der Waals surface area contributed by atoms with Crippen LogP contribution in [-0.2, 0) is 16.6 Å². The Kier molecular flexibility index (Phi) is 6.30. The normalized spacial score (nSPS) is 21.5. The van der Waals surface area contributed by atoms with Gasteiger partial charge in [-0.15, -0.1) is 0 Å². The van der Waals surface area contributed by atoms with Gasteiger partial charge in [0.2, 0.25) is 10.0 Å². The van der Waals surface area contributed by atoms with E-state index in [1.807, 2.05) is 32.0 Å². The molecule has 0 aliphatic carbocycles. The van der Waals surface area contributed by atoms with Crippen LogP contribution in [0.25, 0.3) is 0 Å². The second kappa shape index (κ2) is 8.53. The summed E-state index contributed by atoms with van der Waals surface area (Å²) in [6.07, 6.45) is 0. The first kappa shape index (κ1) is 20.7. The summed E-state index contributed by atoms with van der Waals surface area (Å²) >= 11 is 0. The van der Waals surface area contributed by atoms with E-state index in [4.69, 9.17) is 5.11 Å². The minimum absolute atomic E-state index is 0.149. The summed E-state index contributed by atoms with van der Waals surface area (Å²) in [6.45, 7) is 5.33. The Balaban J connectivity index is 1.70. The first-order valence-corrected chi connectivity index (χ1v) is 10.8. The first-order chi connectivity index (χ1) is 13.3. The molecule has 1 heterocycles. The lowest BCUT2D eigenvalue weighted by Gasteiger charge is -2.43. The van der Waals surface area contributed by atoms with E-state index in [1.165, 1.54) is 0 Å². The molecule has 2 aromatic carbocycles. The third-order valence-corrected chi connectivity index (χ3v) is 7.20. The van der Waals surface area contributed by atoms with Crippen molar-refractivity contribution in [1.29, 1.82) is 0 Å². The van der Waals surface area contributed by atoms with E-state index in [9.17, 15) is 13.2 Å². The van der Waals surface area contributed by atoms with E-state index in [2.05, 4.69) is 4.90 Å². The Hall–Kier alpha value is -2.06. The van der Waals surface area contributed by atoms with Crippen molar-refractivity contribution in [3.05, 3.63) is 65.7 Å². The molecule has 0 amide bonds. The summed E-state index contributed by atoms with van der Waals surface area (Å²) < 4.78 is 27.7. The van der Waals surface area contributed by atoms with Gasteiger partial charge in [-0.1, -0.05) is 42.5 Å². The number of aliphatic hydroxyl groups excluding tert-OH is 1. The molecule has 7 heteroatoms. The van der Waals surface area contributed by atoms with Crippen LogP contribution < -0.4 is 0 Å². The number of hydrogen-bond donors (Lipinski definition) is 1. The van der Waals surface area contributed by atoms with Crippen molar-refractivity contribution < 1.29 is 18.3 Å². The van der Waals surface area contributed by atoms with Crippen molar-refractivity contribution in [3.8, 4) is 0 Å². The quantitative estimate of drug-likeness (QED) is 0.749. The molecule has 2 aromatic rings. The van der Waals surface area contributed by atoms with Crippen LogP contribution in [-0.4, -0.2) is 60.3 Å². The fraction of sp³-hybridized carbons (Fsp3) is 0.381. The number of sulfonamides is 1. The van der Waals surface area contributed by atoms with Crippen molar-refractivity contribution in [2.75, 3.05) is 19.7 Å². The number of Topliss-reactive ketones (excluding diaryl/α,β-unsaturated/α-hetero) is 1. The molecular formula is C21H26N2O4S. The molecule has 2 atom stereocenters. The SMILES string of the molecule is C[C@@H]1CN(Cc2ccc(C(=O)CO)cc2)C[C@H](C)N1S(=O)(=O)c1ccccc1. The molecule has 1 fully saturated rings. The van der Waals surface area contributed by atoms with Crippen LogP contribution in [0.2, 0.25) is 0 Å². The molecule has 0 aromatic heterocycles. The molecule has 0 unspecified atom stereocenters. The second-order valence-electron chi connectivity index (χ2n) is 7.32. The van der Waals surface area contributed by atoms with E-state index < -0.39 is 16.6 Å². The zero-order valence-corrected chi connectivity index (χ0v) is 17.0. The van der Waals surface area contributed by atoms with E-state index >= 15 is 0 Å². The highest BCUT2D eigenvalue weighted by molar-refractivity contribution is 7.89. The summed E-state index contributed by atoms with van der Waals surface area (Å²) in [5, 5.41) is 8.94. The maximum Gasteiger partial charge on any atom is 0.243 e. The molecule has 0 saturated carbocycles. The fourth-order valence-electron chi connectivity index (χ4n) is 3.88. The molecule has 3 rings (SSSR count). The van der Waals surface area contributed by atoms with Crippen molar-refractivity contribution in [1.82, 2.24) is 9.21 Å². The molecule has 1 saturated heterocycles. The lowest BCUT2D eigenvalue weighted by Crippen LogP contribution is -2.58. The van der Waals surface area contributed by atoms with E-state index in [0.717, 1.165) is 5.56 Å². The van der Waals surface area contributed by atoms with Crippen LogP contribution in [0.4, 0.5) is 0 Å². The number of carbonyl (C=O) groups excluding carboxylic acids is 1. The van der Waals surface area contributed by atoms with Gasteiger partial charge in [-0.2, -0.15) is 4.31 Å². The van der Waals surface area contributed by atoms with Crippen LogP contribution in [0.1, 0.15) is 29.8 Å². The van der Waals surface area contributed by atoms with Crippen molar-refractivity contribution in [2.24, 2.45) is 0 Å². The average Bonchev–Trinajstić information content (AvgIpc) is 2.68. The maximum absolute atomic E-state index is 13.1. The minimum Gasteiger partial charge on any atom is -0.388 e. The van der Waals surface area contributed by atoms with Crippen LogP contribution in [0.15, 0.2) is 59.5 Å². The number of benzene rings is 2. The zero-order chi connectivity index (χ0) is 20.3. The van der Waals surface area contributed by atoms with Gasteiger partial charge in [0.1, 0.15) is 6.61 Å². The summed E-state index contributed by atoms with van der Waals surface area (Å²) in [4.78, 5) is 14.1. The minimum atomic E-state index is -3.53. The number of nitrogens with zero attached hydrogens (tertiary/aromatic N) is 2. The summed E-state index contributed by atoms with van der Waals surface area (Å²) in [5.74, 6) is -0.298. The van der Waals surface area contributed by atoms with Gasteiger partial charge in [-0.05, 0) is 31.5 Å². The molecule has 0 bridgehead atoms. The molecule has 0 spiro atoms. The predicted octanol–water partition coefficient (Wildman–Crippen LogP) is 2.15. The Morgan fingerprint density at radius 3 is 2.11 bits per heavy atom. The highest BCUT2D eigenvalue weighted by Gasteiger charge is 2.38. The number of hydrogen-bond acceptors (Lipinski definition) is 5. The molecule has 1 aliphatic rings. The number of piperazine rings is 1. The molecule has 6 nitrogen and oxygen atoms in total. The van der Waals surface area contributed by atoms with Gasteiger partial charge in [0.05, 0.1) is 4.90 Å². The smallest absolute Gasteiger partial charge is 0.243 e. The lowest BCUT2D eigenvalue weighted by atomic mass is 10.1. The molecule has 28 heavy (non-hydrogen) atoms. The lowest BCUT2D eigenvalue weighted by molar-refractivity contribution is 0.0903. The van der Waals surface area contributed by atoms with E-state index in [1.54, 1.807) is 40.7 Å². The number of ketones is 1. The maximum atomic E-state index is 13.1. The number of rotatable bonds is 6. The Labute approximate surface area is 166 Å². The van der Waals surface area contributed by atoms with Crippen molar-refractivity contribution in [2.45, 2.75) is 37.4 Å². The monoisotopic (exact) mass is 402 g/mol. The second-order valence-corrected chi connectivity index (χ2v) is 9.16. The molecule has 1 aliphatic heterocycles. The summed E-state index contributed by atoms with van der Waals surface area (Å²) in [5.41, 5.74) is 1.54. The van der Waals surface area contributed by atoms with E-state index in [0.29, 0.717) is 30.1 Å². The first-order valence-electron chi connectivity index (χ1n) is 9.37. The molecule has 150 valence electrons. The van der Waals surface area contributed by atoms with Gasteiger partial charge < -0.3 is 5.11 Å². The number of aliphatic hydroxyl groups is 1. The van der Waals surface area contributed by atoms with Crippen LogP contribution >= 0.6 is 0 Å². The number of carbonyl (C=O) groups is 1. The fourth-order valence-corrected chi connectivity index (χ4v) is 5.71. The van der Waals surface area contributed by atoms with Gasteiger partial charge in [-0.3, -0.25) is 9.69 Å². The largest absolute Gasteiger partial charge is 0.388 e. The standard InChI is InChI=1S/C21H26N2O4S/c1-16-12-22(14-18-8-10-19(11-9-18)21(25)15-24)13-17(2)23(16)28(26,27)20-6-4-3-5-7-20/h3-11,16-17,24H,12-15H2,1-2H3/t16-,17+. The van der Waals surface area contributed by atoms with Crippen LogP contribution in [0.5, 0.6) is 0 Å². The van der Waals surface area contributed by atoms with Gasteiger partial charge in [0.15, 0.2) is 5.78 Å². The Morgan fingerprint density at radius 1 is 1.00 bits per heavy atom. The third kappa shape index (κ3) is 4.33. The Morgan fingerprint density at radius 2 is 1.57 bits per heavy atom. The molecule has 0 radical (unpaired) electrons. The van der Waals surface area contributed by atoms with Crippen molar-refractivity contribution >= 4 is 15.8 Å². The molecular weight excluding hydrogens is 376 g/mol. The Bertz CT molecular complexity index is 901. The highest BCUT2D eigenvalue weighted by atomic mass is 32.2. The van der Waals surface area contributed by atoms with Gasteiger partial charge in [0, 0.05) is 37.3 Å². The third-order valence-electron chi connectivity index (χ3n) is 5.06. The van der Waals surface area contributed by atoms with E-state index in [-0.39, 0.29) is 17.9 Å². The molecule has 1 N–H and O–H groups in total.